The van der Waals surface area contributed by atoms with E-state index in [2.05, 4.69) is 10.5 Å². The number of hydrogen-bond acceptors (Lipinski definition) is 5. The first-order valence-electron chi connectivity index (χ1n) is 8.34. The Morgan fingerprint density at radius 2 is 2.16 bits per heavy atom. The molecule has 1 saturated carbocycles. The van der Waals surface area contributed by atoms with Crippen LogP contribution < -0.4 is 11.1 Å². The lowest BCUT2D eigenvalue weighted by atomic mass is 9.83. The zero-order valence-corrected chi connectivity index (χ0v) is 14.8. The van der Waals surface area contributed by atoms with Crippen LogP contribution in [0.2, 0.25) is 5.02 Å². The molecule has 0 saturated heterocycles. The van der Waals surface area contributed by atoms with E-state index >= 15 is 0 Å². The Hall–Kier alpha value is -1.89. The van der Waals surface area contributed by atoms with Crippen molar-refractivity contribution in [1.82, 2.24) is 10.5 Å². The molecular formula is C18H22ClN3O3. The molecule has 1 aliphatic carbocycles. The van der Waals surface area contributed by atoms with E-state index in [1.54, 1.807) is 19.2 Å². The van der Waals surface area contributed by atoms with Crippen LogP contribution in [0.1, 0.15) is 25.0 Å². The molecule has 3 rings (SSSR count). The monoisotopic (exact) mass is 363 g/mol. The molecule has 1 aromatic heterocycles. The maximum atomic E-state index is 12.4. The number of ether oxygens (including phenoxy) is 1. The number of hydrogen-bond donors (Lipinski definition) is 2. The van der Waals surface area contributed by atoms with Crippen LogP contribution >= 0.6 is 11.6 Å². The van der Waals surface area contributed by atoms with Crippen molar-refractivity contribution in [2.45, 2.75) is 38.0 Å². The highest BCUT2D eigenvalue weighted by Gasteiger charge is 2.32. The Bertz CT molecular complexity index is 717. The van der Waals surface area contributed by atoms with Gasteiger partial charge in [0.1, 0.15) is 5.69 Å². The lowest BCUT2D eigenvalue weighted by molar-refractivity contribution is -0.128. The number of carbonyl (C=O) groups excluding carboxylic acids is 1. The molecule has 1 heterocycles. The third kappa shape index (κ3) is 4.39. The minimum Gasteiger partial charge on any atom is -0.380 e. The molecule has 0 bridgehead atoms. The summed E-state index contributed by atoms with van der Waals surface area (Å²) in [6, 6.07) is 9.17. The van der Waals surface area contributed by atoms with Crippen molar-refractivity contribution in [2.75, 3.05) is 7.11 Å². The van der Waals surface area contributed by atoms with Crippen molar-refractivity contribution in [3.05, 3.63) is 41.1 Å². The Labute approximate surface area is 151 Å². The fourth-order valence-corrected chi connectivity index (χ4v) is 3.26. The number of rotatable bonds is 5. The molecular weight excluding hydrogens is 342 g/mol. The van der Waals surface area contributed by atoms with Gasteiger partial charge in [-0.05, 0) is 31.4 Å². The average Bonchev–Trinajstić information content (AvgIpc) is 3.09. The molecule has 2 aromatic rings. The second-order valence-corrected chi connectivity index (χ2v) is 6.79. The minimum absolute atomic E-state index is 0.00149. The molecule has 0 unspecified atom stereocenters. The Balaban J connectivity index is 1.55. The molecule has 1 amide bonds. The van der Waals surface area contributed by atoms with Gasteiger partial charge < -0.3 is 20.3 Å². The van der Waals surface area contributed by atoms with Crippen LogP contribution in [-0.2, 0) is 16.1 Å². The van der Waals surface area contributed by atoms with Crippen LogP contribution in [-0.4, -0.2) is 30.3 Å². The fourth-order valence-electron chi connectivity index (χ4n) is 3.13. The smallest absolute Gasteiger partial charge is 0.223 e. The van der Waals surface area contributed by atoms with Gasteiger partial charge in [0, 0.05) is 35.7 Å². The van der Waals surface area contributed by atoms with Crippen molar-refractivity contribution < 1.29 is 14.1 Å². The van der Waals surface area contributed by atoms with Crippen LogP contribution in [0.3, 0.4) is 0 Å². The van der Waals surface area contributed by atoms with Crippen LogP contribution in [0.4, 0.5) is 0 Å². The topological polar surface area (TPSA) is 90.4 Å². The van der Waals surface area contributed by atoms with Crippen molar-refractivity contribution >= 4 is 17.5 Å². The highest BCUT2D eigenvalue weighted by molar-refractivity contribution is 6.30. The molecule has 0 aliphatic heterocycles. The Morgan fingerprint density at radius 3 is 2.88 bits per heavy atom. The molecule has 3 atom stereocenters. The summed E-state index contributed by atoms with van der Waals surface area (Å²) in [6.45, 7) is 0.305. The molecule has 25 heavy (non-hydrogen) atoms. The number of nitrogens with one attached hydrogen (secondary N) is 1. The Morgan fingerprint density at radius 1 is 1.40 bits per heavy atom. The number of amides is 1. The van der Waals surface area contributed by atoms with E-state index in [1.165, 1.54) is 0 Å². The van der Waals surface area contributed by atoms with Gasteiger partial charge in [0.15, 0.2) is 5.76 Å². The van der Waals surface area contributed by atoms with Crippen molar-refractivity contribution in [3.8, 4) is 11.3 Å². The summed E-state index contributed by atoms with van der Waals surface area (Å²) in [5.41, 5.74) is 7.62. The number of carbonyl (C=O) groups is 1. The van der Waals surface area contributed by atoms with Gasteiger partial charge in [-0.3, -0.25) is 4.79 Å². The predicted octanol–water partition coefficient (Wildman–Crippen LogP) is 2.75. The number of methoxy groups -OCH3 is 1. The second-order valence-electron chi connectivity index (χ2n) is 6.35. The number of nitrogens with zero attached hydrogens (tertiary/aromatic N) is 1. The predicted molar refractivity (Wildman–Crippen MR) is 94.9 cm³/mol. The zero-order chi connectivity index (χ0) is 17.8. The summed E-state index contributed by atoms with van der Waals surface area (Å²) in [7, 11) is 1.64. The molecule has 6 nitrogen and oxygen atoms in total. The van der Waals surface area contributed by atoms with Crippen LogP contribution in [0, 0.1) is 5.92 Å². The number of aromatic nitrogens is 1. The lowest BCUT2D eigenvalue weighted by Gasteiger charge is -2.32. The first-order chi connectivity index (χ1) is 12.1. The van der Waals surface area contributed by atoms with Gasteiger partial charge in [-0.1, -0.05) is 28.9 Å². The van der Waals surface area contributed by atoms with E-state index < -0.39 is 0 Å². The molecule has 3 N–H and O–H groups in total. The first-order valence-corrected chi connectivity index (χ1v) is 8.72. The number of nitrogens with two attached hydrogens (primary N) is 1. The largest absolute Gasteiger partial charge is 0.380 e. The standard InChI is InChI=1S/C18H22ClN3O3/c1-24-17-8-12(4-7-15(17)20)18(23)21-10-14-9-16(22-25-14)11-2-5-13(19)6-3-11/h2-3,5-6,9,12,15,17H,4,7-8,10,20H2,1H3,(H,21,23)/t12-,15-,17-/m0/s1. The van der Waals surface area contributed by atoms with E-state index in [9.17, 15) is 4.79 Å². The van der Waals surface area contributed by atoms with Crippen LogP contribution in [0.5, 0.6) is 0 Å². The summed E-state index contributed by atoms with van der Waals surface area (Å²) < 4.78 is 10.7. The van der Waals surface area contributed by atoms with E-state index in [-0.39, 0.29) is 24.0 Å². The summed E-state index contributed by atoms with van der Waals surface area (Å²) in [5.74, 6) is 0.524. The molecule has 134 valence electrons. The second kappa shape index (κ2) is 7.99. The normalized spacial score (nSPS) is 23.4. The van der Waals surface area contributed by atoms with Gasteiger partial charge in [0.2, 0.25) is 5.91 Å². The molecule has 1 aliphatic rings. The molecule has 0 spiro atoms. The van der Waals surface area contributed by atoms with Gasteiger partial charge >= 0.3 is 0 Å². The highest BCUT2D eigenvalue weighted by atomic mass is 35.5. The summed E-state index contributed by atoms with van der Waals surface area (Å²) >= 11 is 5.88. The molecule has 1 fully saturated rings. The maximum absolute atomic E-state index is 12.4. The van der Waals surface area contributed by atoms with E-state index in [0.717, 1.165) is 18.4 Å². The SMILES string of the molecule is CO[C@H]1C[C@@H](C(=O)NCc2cc(-c3ccc(Cl)cc3)no2)CC[C@@H]1N. The zero-order valence-electron chi connectivity index (χ0n) is 14.1. The third-order valence-corrected chi connectivity index (χ3v) is 4.90. The van der Waals surface area contributed by atoms with Gasteiger partial charge in [-0.15, -0.1) is 0 Å². The van der Waals surface area contributed by atoms with Crippen molar-refractivity contribution in [2.24, 2.45) is 11.7 Å². The van der Waals surface area contributed by atoms with Crippen molar-refractivity contribution in [1.29, 1.82) is 0 Å². The van der Waals surface area contributed by atoms with Gasteiger partial charge in [-0.25, -0.2) is 0 Å². The minimum atomic E-state index is -0.0802. The summed E-state index contributed by atoms with van der Waals surface area (Å²) in [4.78, 5) is 12.4. The molecule has 0 radical (unpaired) electrons. The lowest BCUT2D eigenvalue weighted by Crippen LogP contribution is -2.45. The number of benzene rings is 1. The van der Waals surface area contributed by atoms with E-state index in [0.29, 0.717) is 29.4 Å². The van der Waals surface area contributed by atoms with E-state index in [4.69, 9.17) is 26.6 Å². The highest BCUT2D eigenvalue weighted by Crippen LogP contribution is 2.26. The van der Waals surface area contributed by atoms with Gasteiger partial charge in [0.05, 0.1) is 12.6 Å². The van der Waals surface area contributed by atoms with Crippen LogP contribution in [0.25, 0.3) is 11.3 Å². The summed E-state index contributed by atoms with van der Waals surface area (Å²) in [6.07, 6.45) is 2.15. The quantitative estimate of drug-likeness (QED) is 0.852. The average molecular weight is 364 g/mol. The molecule has 1 aromatic carbocycles. The Kier molecular flexibility index (Phi) is 5.73. The van der Waals surface area contributed by atoms with Crippen LogP contribution in [0.15, 0.2) is 34.9 Å². The van der Waals surface area contributed by atoms with Gasteiger partial charge in [0.25, 0.3) is 0 Å². The third-order valence-electron chi connectivity index (χ3n) is 4.65. The van der Waals surface area contributed by atoms with E-state index in [1.807, 2.05) is 18.2 Å². The maximum Gasteiger partial charge on any atom is 0.223 e. The van der Waals surface area contributed by atoms with Crippen molar-refractivity contribution in [3.63, 3.8) is 0 Å². The van der Waals surface area contributed by atoms with Gasteiger partial charge in [-0.2, -0.15) is 0 Å². The number of halogens is 1. The molecule has 7 heteroatoms. The fraction of sp³-hybridized carbons (Fsp3) is 0.444. The summed E-state index contributed by atoms with van der Waals surface area (Å²) in [5, 5.41) is 7.62. The first kappa shape index (κ1) is 17.9.